The summed E-state index contributed by atoms with van der Waals surface area (Å²) in [6.45, 7) is 14.0. The zero-order valence-corrected chi connectivity index (χ0v) is 30.1. The molecule has 2 aliphatic rings. The summed E-state index contributed by atoms with van der Waals surface area (Å²) in [4.78, 5) is 19.1. The van der Waals surface area contributed by atoms with Crippen LogP contribution in [0.2, 0.25) is 20.1 Å². The topological polar surface area (TPSA) is 66.5 Å². The summed E-state index contributed by atoms with van der Waals surface area (Å²) in [6.07, 6.45) is 1.56. The van der Waals surface area contributed by atoms with Crippen LogP contribution < -0.4 is 5.32 Å². The number of amides is 1. The van der Waals surface area contributed by atoms with Gasteiger partial charge < -0.3 is 24.4 Å². The summed E-state index contributed by atoms with van der Waals surface area (Å²) in [5.41, 5.74) is 1.82. The number of benzene rings is 2. The second-order valence-electron chi connectivity index (χ2n) is 12.5. The van der Waals surface area contributed by atoms with Crippen molar-refractivity contribution < 1.29 is 19.0 Å². The lowest BCUT2D eigenvalue weighted by molar-refractivity contribution is -0.00740. The molecule has 0 unspecified atom stereocenters. The molecule has 2 atom stereocenters. The van der Waals surface area contributed by atoms with Gasteiger partial charge in [0.1, 0.15) is 5.60 Å². The highest BCUT2D eigenvalue weighted by atomic mass is 35.5. The first-order chi connectivity index (χ1) is 21.4. The van der Waals surface area contributed by atoms with Crippen molar-refractivity contribution in [2.24, 2.45) is 0 Å². The minimum Gasteiger partial charge on any atom is -0.444 e. The Bertz CT molecular complexity index is 1220. The van der Waals surface area contributed by atoms with Crippen LogP contribution in [-0.4, -0.2) is 105 Å². The van der Waals surface area contributed by atoms with E-state index in [1.165, 1.54) is 5.56 Å². The maximum absolute atomic E-state index is 12.5. The highest BCUT2D eigenvalue weighted by Gasteiger charge is 2.33. The summed E-state index contributed by atoms with van der Waals surface area (Å²) < 4.78 is 15.9. The molecule has 45 heavy (non-hydrogen) atoms. The lowest BCUT2D eigenvalue weighted by Crippen LogP contribution is -2.56. The number of ether oxygens (including phenoxy) is 3. The van der Waals surface area contributed by atoms with Gasteiger partial charge in [0.25, 0.3) is 0 Å². The number of hydrogen-bond acceptors (Lipinski definition) is 7. The highest BCUT2D eigenvalue weighted by Crippen LogP contribution is 2.25. The molecule has 252 valence electrons. The number of hydrogen-bond donors (Lipinski definition) is 1. The van der Waals surface area contributed by atoms with Gasteiger partial charge in [0.2, 0.25) is 0 Å². The molecule has 0 saturated carbocycles. The number of carbonyl (C=O) groups is 1. The molecule has 8 nitrogen and oxygen atoms in total. The average Bonchev–Trinajstić information content (AvgIpc) is 2.98. The quantitative estimate of drug-likeness (QED) is 0.279. The van der Waals surface area contributed by atoms with E-state index in [0.29, 0.717) is 39.3 Å². The van der Waals surface area contributed by atoms with Crippen LogP contribution in [0.5, 0.6) is 0 Å². The Morgan fingerprint density at radius 3 is 1.89 bits per heavy atom. The van der Waals surface area contributed by atoms with Crippen molar-refractivity contribution in [1.29, 1.82) is 0 Å². The van der Waals surface area contributed by atoms with E-state index in [1.54, 1.807) is 14.2 Å². The van der Waals surface area contributed by atoms with Gasteiger partial charge in [0.05, 0.1) is 20.1 Å². The van der Waals surface area contributed by atoms with Crippen LogP contribution in [0.3, 0.4) is 0 Å². The van der Waals surface area contributed by atoms with Crippen LogP contribution in [0.25, 0.3) is 0 Å². The van der Waals surface area contributed by atoms with Gasteiger partial charge in [-0.15, -0.1) is 0 Å². The molecule has 2 aromatic carbocycles. The molecule has 2 aromatic rings. The zero-order chi connectivity index (χ0) is 33.0. The number of piperazine rings is 2. The van der Waals surface area contributed by atoms with Crippen molar-refractivity contribution in [3.63, 3.8) is 0 Å². The minimum atomic E-state index is -0.500. The van der Waals surface area contributed by atoms with Gasteiger partial charge in [0, 0.05) is 91.9 Å². The summed E-state index contributed by atoms with van der Waals surface area (Å²) in [7, 11) is 3.42. The third-order valence-electron chi connectivity index (χ3n) is 7.64. The molecule has 1 N–H and O–H groups in total. The van der Waals surface area contributed by atoms with E-state index in [-0.39, 0.29) is 12.1 Å². The minimum absolute atomic E-state index is 0.0568. The van der Waals surface area contributed by atoms with Crippen molar-refractivity contribution in [1.82, 2.24) is 20.0 Å². The van der Waals surface area contributed by atoms with Crippen LogP contribution >= 0.6 is 46.4 Å². The Hall–Kier alpha value is -1.33. The lowest BCUT2D eigenvalue weighted by atomic mass is 10.1. The van der Waals surface area contributed by atoms with Crippen LogP contribution in [0.15, 0.2) is 36.4 Å². The number of nitrogens with one attached hydrogen (secondary N) is 1. The molecule has 2 aliphatic heterocycles. The zero-order valence-electron chi connectivity index (χ0n) is 27.1. The summed E-state index contributed by atoms with van der Waals surface area (Å²) >= 11 is 24.1. The van der Waals surface area contributed by atoms with Gasteiger partial charge in [-0.3, -0.25) is 9.80 Å². The molecule has 2 heterocycles. The monoisotopic (exact) mass is 704 g/mol. The van der Waals surface area contributed by atoms with E-state index in [2.05, 4.69) is 15.1 Å². The smallest absolute Gasteiger partial charge is 0.410 e. The van der Waals surface area contributed by atoms with E-state index in [4.69, 9.17) is 60.6 Å². The van der Waals surface area contributed by atoms with E-state index in [9.17, 15) is 4.79 Å². The molecule has 4 rings (SSSR count). The number of rotatable bonds is 10. The Morgan fingerprint density at radius 2 is 1.36 bits per heavy atom. The molecule has 0 bridgehead atoms. The summed E-state index contributed by atoms with van der Waals surface area (Å²) in [6, 6.07) is 12.1. The number of carbonyl (C=O) groups excluding carboxylic acids is 1. The van der Waals surface area contributed by atoms with Crippen LogP contribution in [0, 0.1) is 0 Å². The molecular weight excluding hydrogens is 658 g/mol. The maximum Gasteiger partial charge on any atom is 0.410 e. The van der Waals surface area contributed by atoms with Gasteiger partial charge in [0.15, 0.2) is 0 Å². The largest absolute Gasteiger partial charge is 0.444 e. The van der Waals surface area contributed by atoms with Crippen molar-refractivity contribution in [2.45, 2.75) is 64.4 Å². The molecular formula is C33H48Cl4N4O4. The van der Waals surface area contributed by atoms with E-state index < -0.39 is 5.60 Å². The summed E-state index contributed by atoms with van der Waals surface area (Å²) in [5.74, 6) is 0. The van der Waals surface area contributed by atoms with Gasteiger partial charge in [-0.05, 0) is 69.0 Å². The first kappa shape index (κ1) is 38.1. The molecule has 0 radical (unpaired) electrons. The molecule has 1 amide bonds. The predicted octanol–water partition coefficient (Wildman–Crippen LogP) is 7.25. The Morgan fingerprint density at radius 1 is 0.800 bits per heavy atom. The first-order valence-corrected chi connectivity index (χ1v) is 16.9. The van der Waals surface area contributed by atoms with E-state index in [0.717, 1.165) is 70.8 Å². The van der Waals surface area contributed by atoms with Crippen LogP contribution in [0.1, 0.15) is 44.7 Å². The van der Waals surface area contributed by atoms with Gasteiger partial charge in [-0.2, -0.15) is 0 Å². The highest BCUT2D eigenvalue weighted by molar-refractivity contribution is 6.42. The Labute approximate surface area is 289 Å². The lowest BCUT2D eigenvalue weighted by Gasteiger charge is -2.41. The first-order valence-electron chi connectivity index (χ1n) is 15.4. The van der Waals surface area contributed by atoms with Crippen molar-refractivity contribution in [3.05, 3.63) is 67.6 Å². The van der Waals surface area contributed by atoms with Crippen molar-refractivity contribution >= 4 is 52.5 Å². The van der Waals surface area contributed by atoms with Crippen LogP contribution in [-0.2, 0) is 27.3 Å². The SMILES string of the molecule is COCC[C@H]1CN(Cc2ccc(Cl)c(Cl)c2)CCN1.COCC[C@H]1CN(Cc2ccc(Cl)c(Cl)c2)CCN1C(=O)OC(C)(C)C. The fourth-order valence-electron chi connectivity index (χ4n) is 5.41. The number of halogens is 4. The predicted molar refractivity (Wildman–Crippen MR) is 185 cm³/mol. The summed E-state index contributed by atoms with van der Waals surface area (Å²) in [5, 5.41) is 5.89. The second-order valence-corrected chi connectivity index (χ2v) is 14.1. The maximum atomic E-state index is 12.5. The molecule has 0 aromatic heterocycles. The molecule has 0 spiro atoms. The standard InChI is InChI=1S/C19H28Cl2N2O3.C14H20Cl2N2O/c1-19(2,3)26-18(24)23-9-8-22(13-15(23)7-10-25-4)12-14-5-6-16(20)17(21)11-14;1-19-7-4-12-10-18(6-5-17-12)9-11-2-3-13(15)14(16)8-11/h5-6,11,15H,7-10,12-13H2,1-4H3;2-3,8,12,17H,4-7,9-10H2,1H3/t15-;12-/m00/s1. The van der Waals surface area contributed by atoms with E-state index in [1.807, 2.05) is 62.1 Å². The van der Waals surface area contributed by atoms with Gasteiger partial charge >= 0.3 is 6.09 Å². The van der Waals surface area contributed by atoms with Gasteiger partial charge in [-0.25, -0.2) is 4.79 Å². The second kappa shape index (κ2) is 18.9. The third kappa shape index (κ3) is 13.4. The number of methoxy groups -OCH3 is 2. The fourth-order valence-corrected chi connectivity index (χ4v) is 6.05. The van der Waals surface area contributed by atoms with Crippen molar-refractivity contribution in [3.8, 4) is 0 Å². The van der Waals surface area contributed by atoms with Gasteiger partial charge in [-0.1, -0.05) is 58.5 Å². The van der Waals surface area contributed by atoms with E-state index >= 15 is 0 Å². The molecule has 0 aliphatic carbocycles. The Balaban J connectivity index is 0.000000257. The molecule has 12 heteroatoms. The number of nitrogens with zero attached hydrogens (tertiary/aromatic N) is 3. The molecule has 2 saturated heterocycles. The molecule has 2 fully saturated rings. The Kier molecular flexibility index (Phi) is 16.0. The van der Waals surface area contributed by atoms with Crippen LogP contribution in [0.4, 0.5) is 4.79 Å². The third-order valence-corrected chi connectivity index (χ3v) is 9.12. The fraction of sp³-hybridized carbons (Fsp3) is 0.606. The normalized spacial score (nSPS) is 19.6. The average molecular weight is 707 g/mol. The van der Waals surface area contributed by atoms with Crippen molar-refractivity contribution in [2.75, 3.05) is 66.7 Å².